The van der Waals surface area contributed by atoms with Gasteiger partial charge >= 0.3 is 0 Å². The Balaban J connectivity index is 2.88. The zero-order valence-electron chi connectivity index (χ0n) is 6.59. The fourth-order valence-corrected chi connectivity index (χ4v) is 0.769. The van der Waals surface area contributed by atoms with Gasteiger partial charge in [-0.2, -0.15) is 5.26 Å². The molecule has 0 bridgehead atoms. The summed E-state index contributed by atoms with van der Waals surface area (Å²) in [5.74, 6) is -0.0495. The highest BCUT2D eigenvalue weighted by atomic mass is 16.5. The summed E-state index contributed by atoms with van der Waals surface area (Å²) < 4.78 is 4.89. The van der Waals surface area contributed by atoms with Crippen molar-refractivity contribution in [3.8, 4) is 6.07 Å². The van der Waals surface area contributed by atoms with Gasteiger partial charge in [0.1, 0.15) is 11.8 Å². The summed E-state index contributed by atoms with van der Waals surface area (Å²) in [7, 11) is 0. The molecule has 1 aromatic heterocycles. The molecule has 0 fully saturated rings. The summed E-state index contributed by atoms with van der Waals surface area (Å²) in [6.07, 6.45) is 1.36. The first-order valence-electron chi connectivity index (χ1n) is 3.44. The number of hydrogen-bond acceptors (Lipinski definition) is 4. The highest BCUT2D eigenvalue weighted by Crippen LogP contribution is 2.02. The molecule has 0 saturated heterocycles. The Morgan fingerprint density at radius 2 is 2.67 bits per heavy atom. The standard InChI is InChI=1S/C7H8N4O/c1-2-12-7(9)6-5(3-8)10-4-11-6/h4,9H,2H2,1H3,(H,10,11). The van der Waals surface area contributed by atoms with Crippen LogP contribution in [0.15, 0.2) is 6.33 Å². The maximum atomic E-state index is 8.54. The van der Waals surface area contributed by atoms with Gasteiger partial charge in [-0.3, -0.25) is 5.41 Å². The van der Waals surface area contributed by atoms with Gasteiger partial charge in [0.15, 0.2) is 5.69 Å². The Kier molecular flexibility index (Phi) is 2.43. The van der Waals surface area contributed by atoms with Crippen LogP contribution >= 0.6 is 0 Å². The van der Waals surface area contributed by atoms with Crippen LogP contribution < -0.4 is 0 Å². The van der Waals surface area contributed by atoms with Crippen molar-refractivity contribution in [1.82, 2.24) is 9.97 Å². The van der Waals surface area contributed by atoms with Crippen LogP contribution in [0, 0.1) is 16.7 Å². The van der Waals surface area contributed by atoms with E-state index >= 15 is 0 Å². The molecule has 0 atom stereocenters. The molecule has 1 rings (SSSR count). The van der Waals surface area contributed by atoms with Crippen molar-refractivity contribution in [3.05, 3.63) is 17.7 Å². The van der Waals surface area contributed by atoms with Crippen molar-refractivity contribution in [1.29, 1.82) is 10.7 Å². The van der Waals surface area contributed by atoms with Crippen LogP contribution in [-0.2, 0) is 4.74 Å². The number of imidazole rings is 1. The van der Waals surface area contributed by atoms with Gasteiger partial charge in [0.05, 0.1) is 12.9 Å². The number of nitrogens with zero attached hydrogens (tertiary/aromatic N) is 2. The van der Waals surface area contributed by atoms with E-state index in [1.807, 2.05) is 6.07 Å². The third-order valence-electron chi connectivity index (χ3n) is 1.26. The molecular weight excluding hydrogens is 156 g/mol. The van der Waals surface area contributed by atoms with Gasteiger partial charge in [-0.25, -0.2) is 4.98 Å². The van der Waals surface area contributed by atoms with Gasteiger partial charge in [-0.05, 0) is 6.92 Å². The largest absolute Gasteiger partial charge is 0.477 e. The van der Waals surface area contributed by atoms with Crippen LogP contribution in [0.25, 0.3) is 0 Å². The molecule has 12 heavy (non-hydrogen) atoms. The molecule has 0 radical (unpaired) electrons. The van der Waals surface area contributed by atoms with Crippen LogP contribution in [-0.4, -0.2) is 22.5 Å². The number of rotatable bonds is 2. The normalized spacial score (nSPS) is 9.00. The summed E-state index contributed by atoms with van der Waals surface area (Å²) >= 11 is 0. The fraction of sp³-hybridized carbons (Fsp3) is 0.286. The van der Waals surface area contributed by atoms with Gasteiger partial charge in [-0.1, -0.05) is 0 Å². The minimum absolute atomic E-state index is 0.0495. The van der Waals surface area contributed by atoms with Crippen LogP contribution in [0.4, 0.5) is 0 Å². The van der Waals surface area contributed by atoms with E-state index in [0.29, 0.717) is 12.3 Å². The first kappa shape index (κ1) is 8.27. The lowest BCUT2D eigenvalue weighted by atomic mass is 10.3. The Morgan fingerprint density at radius 1 is 1.92 bits per heavy atom. The third-order valence-corrected chi connectivity index (χ3v) is 1.26. The van der Waals surface area contributed by atoms with Crippen LogP contribution in [0.3, 0.4) is 0 Å². The third kappa shape index (κ3) is 1.42. The van der Waals surface area contributed by atoms with Crippen molar-refractivity contribution in [2.24, 2.45) is 0 Å². The molecule has 0 saturated carbocycles. The molecule has 5 heteroatoms. The van der Waals surface area contributed by atoms with Crippen LogP contribution in [0.2, 0.25) is 0 Å². The molecular formula is C7H8N4O. The predicted molar refractivity (Wildman–Crippen MR) is 41.8 cm³/mol. The van der Waals surface area contributed by atoms with Gasteiger partial charge in [0, 0.05) is 0 Å². The summed E-state index contributed by atoms with van der Waals surface area (Å²) in [4.78, 5) is 6.36. The smallest absolute Gasteiger partial charge is 0.233 e. The van der Waals surface area contributed by atoms with Gasteiger partial charge in [-0.15, -0.1) is 0 Å². The zero-order valence-corrected chi connectivity index (χ0v) is 6.59. The second-order valence-electron chi connectivity index (χ2n) is 2.00. The lowest BCUT2D eigenvalue weighted by Gasteiger charge is -2.00. The van der Waals surface area contributed by atoms with Gasteiger partial charge < -0.3 is 9.72 Å². The van der Waals surface area contributed by atoms with Gasteiger partial charge in [0.2, 0.25) is 5.90 Å². The predicted octanol–water partition coefficient (Wildman–Crippen LogP) is 0.643. The van der Waals surface area contributed by atoms with E-state index in [1.165, 1.54) is 6.33 Å². The molecule has 2 N–H and O–H groups in total. The molecule has 0 aliphatic carbocycles. The topological polar surface area (TPSA) is 85.5 Å². The zero-order chi connectivity index (χ0) is 8.97. The molecule has 1 heterocycles. The number of H-pyrrole nitrogens is 1. The first-order valence-corrected chi connectivity index (χ1v) is 3.44. The molecule has 62 valence electrons. The Bertz CT molecular complexity index is 322. The van der Waals surface area contributed by atoms with E-state index in [2.05, 4.69) is 9.97 Å². The molecule has 0 unspecified atom stereocenters. The molecule has 0 aliphatic heterocycles. The Morgan fingerprint density at radius 3 is 3.25 bits per heavy atom. The van der Waals surface area contributed by atoms with Crippen molar-refractivity contribution in [3.63, 3.8) is 0 Å². The van der Waals surface area contributed by atoms with Gasteiger partial charge in [0.25, 0.3) is 0 Å². The summed E-state index contributed by atoms with van der Waals surface area (Å²) in [6, 6.07) is 1.85. The van der Waals surface area contributed by atoms with Crippen molar-refractivity contribution >= 4 is 5.90 Å². The molecule has 0 amide bonds. The Hall–Kier alpha value is -1.83. The minimum Gasteiger partial charge on any atom is -0.477 e. The summed E-state index contributed by atoms with van der Waals surface area (Å²) in [6.45, 7) is 2.18. The van der Waals surface area contributed by atoms with E-state index in [4.69, 9.17) is 15.4 Å². The second kappa shape index (κ2) is 3.53. The van der Waals surface area contributed by atoms with E-state index < -0.39 is 0 Å². The summed E-state index contributed by atoms with van der Waals surface area (Å²) in [5.41, 5.74) is 0.521. The van der Waals surface area contributed by atoms with Crippen molar-refractivity contribution in [2.75, 3.05) is 6.61 Å². The minimum atomic E-state index is -0.0495. The first-order chi connectivity index (χ1) is 5.79. The number of aromatic amines is 1. The second-order valence-corrected chi connectivity index (χ2v) is 2.00. The van der Waals surface area contributed by atoms with Crippen molar-refractivity contribution < 1.29 is 4.74 Å². The lowest BCUT2D eigenvalue weighted by molar-refractivity contribution is 0.324. The lowest BCUT2D eigenvalue weighted by Crippen LogP contribution is -2.06. The fourth-order valence-electron chi connectivity index (χ4n) is 0.769. The molecule has 0 aliphatic rings. The van der Waals surface area contributed by atoms with Crippen LogP contribution in [0.5, 0.6) is 0 Å². The maximum Gasteiger partial charge on any atom is 0.233 e. The van der Waals surface area contributed by atoms with Crippen molar-refractivity contribution in [2.45, 2.75) is 6.92 Å². The quantitative estimate of drug-likeness (QED) is 0.497. The average Bonchev–Trinajstić information content (AvgIpc) is 2.51. The number of aromatic nitrogens is 2. The number of nitriles is 1. The van der Waals surface area contributed by atoms with E-state index in [1.54, 1.807) is 6.92 Å². The number of nitrogens with one attached hydrogen (secondary N) is 2. The van der Waals surface area contributed by atoms with E-state index in [9.17, 15) is 0 Å². The van der Waals surface area contributed by atoms with E-state index in [-0.39, 0.29) is 11.6 Å². The SMILES string of the molecule is CCOC(=N)c1[nH]cnc1C#N. The molecule has 0 aromatic carbocycles. The monoisotopic (exact) mass is 164 g/mol. The number of ether oxygens (including phenoxy) is 1. The Labute approximate surface area is 69.5 Å². The van der Waals surface area contributed by atoms with E-state index in [0.717, 1.165) is 0 Å². The number of hydrogen-bond donors (Lipinski definition) is 2. The average molecular weight is 164 g/mol. The van der Waals surface area contributed by atoms with Crippen LogP contribution in [0.1, 0.15) is 18.3 Å². The molecule has 0 spiro atoms. The maximum absolute atomic E-state index is 8.54. The molecule has 1 aromatic rings. The molecule has 5 nitrogen and oxygen atoms in total. The summed E-state index contributed by atoms with van der Waals surface area (Å²) in [5, 5.41) is 15.9. The highest BCUT2D eigenvalue weighted by molar-refractivity contribution is 5.91. The highest BCUT2D eigenvalue weighted by Gasteiger charge is 2.10.